The number of hydrogen-bond acceptors (Lipinski definition) is 3. The van der Waals surface area contributed by atoms with Gasteiger partial charge in [0.15, 0.2) is 0 Å². The molecule has 0 N–H and O–H groups in total. The zero-order valence-electron chi connectivity index (χ0n) is 12.4. The van der Waals surface area contributed by atoms with Crippen LogP contribution in [-0.2, 0) is 0 Å². The number of imidazole rings is 1. The quantitative estimate of drug-likeness (QED) is 0.730. The highest BCUT2D eigenvalue weighted by Crippen LogP contribution is 2.28. The van der Waals surface area contributed by atoms with Crippen molar-refractivity contribution >= 4 is 16.9 Å². The third kappa shape index (κ3) is 2.01. The van der Waals surface area contributed by atoms with Crippen molar-refractivity contribution < 1.29 is 9.21 Å². The lowest BCUT2D eigenvalue weighted by atomic mass is 10.2. The van der Waals surface area contributed by atoms with Crippen molar-refractivity contribution in [2.24, 2.45) is 0 Å². The predicted octanol–water partition coefficient (Wildman–Crippen LogP) is 3.02. The van der Waals surface area contributed by atoms with E-state index in [0.717, 1.165) is 29.8 Å². The summed E-state index contributed by atoms with van der Waals surface area (Å²) in [6, 6.07) is 10.2. The lowest BCUT2D eigenvalue weighted by molar-refractivity contribution is 0.0787. The van der Waals surface area contributed by atoms with Crippen molar-refractivity contribution in [2.45, 2.75) is 19.4 Å². The number of carbonyl (C=O) groups is 1. The third-order valence-corrected chi connectivity index (χ3v) is 4.36. The number of rotatable bonds is 2. The van der Waals surface area contributed by atoms with E-state index >= 15 is 0 Å². The molecular formula is C17H17N3O2. The van der Waals surface area contributed by atoms with E-state index in [2.05, 4.69) is 15.6 Å². The van der Waals surface area contributed by atoms with Crippen molar-refractivity contribution in [1.82, 2.24) is 14.5 Å². The van der Waals surface area contributed by atoms with E-state index in [0.29, 0.717) is 12.1 Å². The van der Waals surface area contributed by atoms with E-state index < -0.39 is 0 Å². The molecule has 0 spiro atoms. The maximum absolute atomic E-state index is 12.4. The number of nitrogens with zero attached hydrogens (tertiary/aromatic N) is 3. The maximum Gasteiger partial charge on any atom is 0.257 e. The van der Waals surface area contributed by atoms with Gasteiger partial charge in [0.1, 0.15) is 12.1 Å². The summed E-state index contributed by atoms with van der Waals surface area (Å²) in [5, 5.41) is 0. The molecule has 2 aromatic heterocycles. The van der Waals surface area contributed by atoms with Crippen molar-refractivity contribution in [1.29, 1.82) is 0 Å². The van der Waals surface area contributed by atoms with E-state index in [1.165, 1.54) is 12.5 Å². The highest BCUT2D eigenvalue weighted by Gasteiger charge is 2.30. The van der Waals surface area contributed by atoms with Crippen LogP contribution in [0.2, 0.25) is 0 Å². The topological polar surface area (TPSA) is 51.3 Å². The number of hydrogen-bond donors (Lipinski definition) is 0. The summed E-state index contributed by atoms with van der Waals surface area (Å²) in [7, 11) is 0. The van der Waals surface area contributed by atoms with Crippen molar-refractivity contribution in [2.75, 3.05) is 13.1 Å². The number of carbonyl (C=O) groups excluding carboxylic acids is 1. The van der Waals surface area contributed by atoms with Crippen molar-refractivity contribution in [3.8, 4) is 0 Å². The monoisotopic (exact) mass is 295 g/mol. The molecule has 0 saturated carbocycles. The van der Waals surface area contributed by atoms with Gasteiger partial charge in [0.2, 0.25) is 0 Å². The van der Waals surface area contributed by atoms with Crippen LogP contribution >= 0.6 is 0 Å². The van der Waals surface area contributed by atoms with Gasteiger partial charge in [-0.25, -0.2) is 4.98 Å². The molecule has 1 amide bonds. The van der Waals surface area contributed by atoms with Crippen LogP contribution in [0.4, 0.5) is 0 Å². The van der Waals surface area contributed by atoms with E-state index in [4.69, 9.17) is 4.42 Å². The average Bonchev–Trinajstić information content (AvgIpc) is 3.25. The van der Waals surface area contributed by atoms with Crippen LogP contribution in [-0.4, -0.2) is 33.4 Å². The molecule has 0 aliphatic carbocycles. The largest absolute Gasteiger partial charge is 0.472 e. The van der Waals surface area contributed by atoms with E-state index in [9.17, 15) is 4.79 Å². The predicted molar refractivity (Wildman–Crippen MR) is 82.7 cm³/mol. The lowest BCUT2D eigenvalue weighted by Crippen LogP contribution is -2.28. The second-order valence-electron chi connectivity index (χ2n) is 5.72. The standard InChI is InChI=1S/C17H17N3O2/c1-12-18-15-4-2-3-5-16(15)20(12)14-6-8-19(10-14)17(21)13-7-9-22-11-13/h2-5,7,9,11,14H,6,8,10H2,1H3. The summed E-state index contributed by atoms with van der Waals surface area (Å²) < 4.78 is 7.27. The molecule has 1 fully saturated rings. The average molecular weight is 295 g/mol. The molecule has 22 heavy (non-hydrogen) atoms. The van der Waals surface area contributed by atoms with Gasteiger partial charge in [0, 0.05) is 13.1 Å². The van der Waals surface area contributed by atoms with E-state index in [-0.39, 0.29) is 11.9 Å². The van der Waals surface area contributed by atoms with Gasteiger partial charge in [-0.3, -0.25) is 4.79 Å². The summed E-state index contributed by atoms with van der Waals surface area (Å²) in [4.78, 5) is 18.9. The van der Waals surface area contributed by atoms with E-state index in [1.807, 2.05) is 30.0 Å². The number of para-hydroxylation sites is 2. The molecule has 3 heterocycles. The Morgan fingerprint density at radius 1 is 1.32 bits per heavy atom. The number of likely N-dealkylation sites (tertiary alicyclic amines) is 1. The van der Waals surface area contributed by atoms with Gasteiger partial charge in [0.25, 0.3) is 5.91 Å². The Kier molecular flexibility index (Phi) is 2.99. The van der Waals surface area contributed by atoms with Crippen molar-refractivity contribution in [3.05, 3.63) is 54.2 Å². The molecule has 1 aromatic carbocycles. The Morgan fingerprint density at radius 2 is 2.18 bits per heavy atom. The Hall–Kier alpha value is -2.56. The first-order valence-corrected chi connectivity index (χ1v) is 7.49. The molecular weight excluding hydrogens is 278 g/mol. The number of amides is 1. The zero-order valence-corrected chi connectivity index (χ0v) is 12.4. The smallest absolute Gasteiger partial charge is 0.257 e. The minimum Gasteiger partial charge on any atom is -0.472 e. The van der Waals surface area contributed by atoms with Gasteiger partial charge < -0.3 is 13.9 Å². The lowest BCUT2D eigenvalue weighted by Gasteiger charge is -2.18. The highest BCUT2D eigenvalue weighted by molar-refractivity contribution is 5.94. The first-order valence-electron chi connectivity index (χ1n) is 7.49. The second kappa shape index (κ2) is 5.02. The van der Waals surface area contributed by atoms with Gasteiger partial charge >= 0.3 is 0 Å². The molecule has 1 aliphatic rings. The molecule has 5 heteroatoms. The van der Waals surface area contributed by atoms with Gasteiger partial charge in [0.05, 0.1) is 28.9 Å². The van der Waals surface area contributed by atoms with Crippen LogP contribution in [0.5, 0.6) is 0 Å². The van der Waals surface area contributed by atoms with Crippen LogP contribution in [0.3, 0.4) is 0 Å². The number of furan rings is 1. The van der Waals surface area contributed by atoms with Gasteiger partial charge in [-0.05, 0) is 31.5 Å². The number of benzene rings is 1. The first kappa shape index (κ1) is 13.1. The Morgan fingerprint density at radius 3 is 3.00 bits per heavy atom. The number of aryl methyl sites for hydroxylation is 1. The minimum atomic E-state index is 0.0401. The second-order valence-corrected chi connectivity index (χ2v) is 5.72. The third-order valence-electron chi connectivity index (χ3n) is 4.36. The highest BCUT2D eigenvalue weighted by atomic mass is 16.3. The first-order chi connectivity index (χ1) is 10.7. The minimum absolute atomic E-state index is 0.0401. The normalized spacial score (nSPS) is 18.2. The van der Waals surface area contributed by atoms with Crippen LogP contribution in [0.25, 0.3) is 11.0 Å². The molecule has 112 valence electrons. The van der Waals surface area contributed by atoms with Gasteiger partial charge in [-0.15, -0.1) is 0 Å². The summed E-state index contributed by atoms with van der Waals surface area (Å²) in [6.07, 6.45) is 3.99. The van der Waals surface area contributed by atoms with Crippen LogP contribution in [0.1, 0.15) is 28.6 Å². The SMILES string of the molecule is Cc1nc2ccccc2n1C1CCN(C(=O)c2ccoc2)C1. The molecule has 3 aromatic rings. The zero-order chi connectivity index (χ0) is 15.1. The summed E-state index contributed by atoms with van der Waals surface area (Å²) in [5.41, 5.74) is 2.77. The molecule has 1 aliphatic heterocycles. The fourth-order valence-corrected chi connectivity index (χ4v) is 3.33. The summed E-state index contributed by atoms with van der Waals surface area (Å²) in [5.74, 6) is 1.04. The van der Waals surface area contributed by atoms with Crippen LogP contribution in [0.15, 0.2) is 47.3 Å². The molecule has 5 nitrogen and oxygen atoms in total. The maximum atomic E-state index is 12.4. The Labute approximate surface area is 128 Å². The van der Waals surface area contributed by atoms with E-state index in [1.54, 1.807) is 6.07 Å². The molecule has 0 bridgehead atoms. The number of aromatic nitrogens is 2. The van der Waals surface area contributed by atoms with Gasteiger partial charge in [-0.1, -0.05) is 12.1 Å². The molecule has 0 radical (unpaired) electrons. The number of fused-ring (bicyclic) bond motifs is 1. The fourth-order valence-electron chi connectivity index (χ4n) is 3.33. The molecule has 1 atom stereocenters. The summed E-state index contributed by atoms with van der Waals surface area (Å²) >= 11 is 0. The molecule has 1 unspecified atom stereocenters. The Bertz CT molecular complexity index is 820. The van der Waals surface area contributed by atoms with Gasteiger partial charge in [-0.2, -0.15) is 0 Å². The Balaban J connectivity index is 1.62. The molecule has 1 saturated heterocycles. The van der Waals surface area contributed by atoms with Crippen LogP contribution < -0.4 is 0 Å². The van der Waals surface area contributed by atoms with Crippen molar-refractivity contribution in [3.63, 3.8) is 0 Å². The van der Waals surface area contributed by atoms with Crippen LogP contribution in [0, 0.1) is 6.92 Å². The summed E-state index contributed by atoms with van der Waals surface area (Å²) in [6.45, 7) is 3.51. The molecule has 4 rings (SSSR count). The fraction of sp³-hybridized carbons (Fsp3) is 0.294.